The van der Waals surface area contributed by atoms with Gasteiger partial charge in [-0.25, -0.2) is 0 Å². The van der Waals surface area contributed by atoms with E-state index in [-0.39, 0.29) is 18.4 Å². The first-order valence-electron chi connectivity index (χ1n) is 10.8. The standard InChI is InChI=1S/C25H27N5O4.ClH/c1-31-21-11-9-18(15-23(21)32-2)13-14-26-17-19-10-12-22(24(16-19)33-3)34-25-27-28-29-30(25)20-7-5-4-6-8-20;/h4-12,15-16,26H,13-14,17H2,1-3H3;1H. The molecule has 0 amide bonds. The molecule has 35 heavy (non-hydrogen) atoms. The number of para-hydroxylation sites is 1. The van der Waals surface area contributed by atoms with E-state index >= 15 is 0 Å². The summed E-state index contributed by atoms with van der Waals surface area (Å²) in [6.45, 7) is 1.49. The Kier molecular flexibility index (Phi) is 9.28. The van der Waals surface area contributed by atoms with E-state index in [2.05, 4.69) is 20.8 Å². The fourth-order valence-corrected chi connectivity index (χ4v) is 3.48. The molecule has 4 rings (SSSR count). The predicted octanol–water partition coefficient (Wildman–Crippen LogP) is 4.23. The van der Waals surface area contributed by atoms with Crippen LogP contribution in [0.4, 0.5) is 0 Å². The molecule has 0 bridgehead atoms. The maximum Gasteiger partial charge on any atom is 0.346 e. The highest BCUT2D eigenvalue weighted by Crippen LogP contribution is 2.32. The number of tetrazole rings is 1. The Morgan fingerprint density at radius 3 is 2.17 bits per heavy atom. The molecule has 10 heteroatoms. The molecule has 1 N–H and O–H groups in total. The predicted molar refractivity (Wildman–Crippen MR) is 134 cm³/mol. The summed E-state index contributed by atoms with van der Waals surface area (Å²) in [7, 11) is 4.88. The van der Waals surface area contributed by atoms with Crippen LogP contribution in [0.5, 0.6) is 29.0 Å². The van der Waals surface area contributed by atoms with E-state index in [1.807, 2.05) is 66.7 Å². The molecule has 0 fully saturated rings. The molecule has 0 spiro atoms. The molecule has 0 saturated carbocycles. The third kappa shape index (κ3) is 6.40. The van der Waals surface area contributed by atoms with E-state index < -0.39 is 0 Å². The van der Waals surface area contributed by atoms with Crippen LogP contribution in [-0.4, -0.2) is 48.1 Å². The molecular weight excluding hydrogens is 470 g/mol. The van der Waals surface area contributed by atoms with E-state index in [4.69, 9.17) is 18.9 Å². The smallest absolute Gasteiger partial charge is 0.346 e. The van der Waals surface area contributed by atoms with Gasteiger partial charge in [0.25, 0.3) is 0 Å². The van der Waals surface area contributed by atoms with Gasteiger partial charge in [-0.15, -0.1) is 12.4 Å². The van der Waals surface area contributed by atoms with Crippen molar-refractivity contribution >= 4 is 12.4 Å². The Morgan fingerprint density at radius 1 is 0.771 bits per heavy atom. The molecular formula is C25H28ClN5O4. The van der Waals surface area contributed by atoms with Crippen LogP contribution in [0.1, 0.15) is 11.1 Å². The maximum absolute atomic E-state index is 5.96. The van der Waals surface area contributed by atoms with Crippen molar-refractivity contribution in [1.29, 1.82) is 0 Å². The lowest BCUT2D eigenvalue weighted by Gasteiger charge is -2.12. The molecule has 4 aromatic rings. The van der Waals surface area contributed by atoms with Crippen LogP contribution in [-0.2, 0) is 13.0 Å². The number of methoxy groups -OCH3 is 3. The third-order valence-corrected chi connectivity index (χ3v) is 5.24. The number of nitrogens with one attached hydrogen (secondary N) is 1. The van der Waals surface area contributed by atoms with Crippen LogP contribution in [0.2, 0.25) is 0 Å². The minimum absolute atomic E-state index is 0. The Balaban J connectivity index is 0.00000342. The van der Waals surface area contributed by atoms with Gasteiger partial charge in [-0.1, -0.05) is 35.4 Å². The summed E-state index contributed by atoms with van der Waals surface area (Å²) in [4.78, 5) is 0. The van der Waals surface area contributed by atoms with Gasteiger partial charge < -0.3 is 24.3 Å². The fourth-order valence-electron chi connectivity index (χ4n) is 3.48. The van der Waals surface area contributed by atoms with Gasteiger partial charge in [0.05, 0.1) is 27.0 Å². The van der Waals surface area contributed by atoms with Crippen molar-refractivity contribution in [3.63, 3.8) is 0 Å². The van der Waals surface area contributed by atoms with Gasteiger partial charge in [0.1, 0.15) is 0 Å². The number of nitrogens with zero attached hydrogens (tertiary/aromatic N) is 4. The fraction of sp³-hybridized carbons (Fsp3) is 0.240. The van der Waals surface area contributed by atoms with Crippen LogP contribution >= 0.6 is 12.4 Å². The summed E-state index contributed by atoms with van der Waals surface area (Å²) in [5.74, 6) is 2.59. The first-order chi connectivity index (χ1) is 16.7. The summed E-state index contributed by atoms with van der Waals surface area (Å²) < 4.78 is 23.7. The number of ether oxygens (including phenoxy) is 4. The van der Waals surface area contributed by atoms with E-state index in [1.165, 1.54) is 10.2 Å². The van der Waals surface area contributed by atoms with Crippen LogP contribution in [0, 0.1) is 0 Å². The lowest BCUT2D eigenvalue weighted by molar-refractivity contribution is 0.354. The average Bonchev–Trinajstić information content (AvgIpc) is 3.35. The van der Waals surface area contributed by atoms with Gasteiger partial charge in [-0.2, -0.15) is 4.68 Å². The number of hydrogen-bond acceptors (Lipinski definition) is 8. The highest BCUT2D eigenvalue weighted by atomic mass is 35.5. The first-order valence-corrected chi connectivity index (χ1v) is 10.8. The van der Waals surface area contributed by atoms with Crippen molar-refractivity contribution < 1.29 is 18.9 Å². The van der Waals surface area contributed by atoms with Gasteiger partial charge in [0.2, 0.25) is 0 Å². The minimum Gasteiger partial charge on any atom is -0.493 e. The molecule has 184 valence electrons. The highest BCUT2D eigenvalue weighted by molar-refractivity contribution is 5.85. The van der Waals surface area contributed by atoms with Gasteiger partial charge in [0, 0.05) is 6.54 Å². The second-order valence-corrected chi connectivity index (χ2v) is 7.41. The lowest BCUT2D eigenvalue weighted by atomic mass is 10.1. The van der Waals surface area contributed by atoms with E-state index in [0.29, 0.717) is 18.0 Å². The summed E-state index contributed by atoms with van der Waals surface area (Å²) in [6.07, 6.45) is 0.862. The first kappa shape index (κ1) is 25.8. The van der Waals surface area contributed by atoms with Gasteiger partial charge in [-0.05, 0) is 70.9 Å². The Labute approximate surface area is 210 Å². The van der Waals surface area contributed by atoms with Crippen LogP contribution in [0.25, 0.3) is 5.69 Å². The van der Waals surface area contributed by atoms with E-state index in [1.54, 1.807) is 21.3 Å². The molecule has 0 aliphatic rings. The Morgan fingerprint density at radius 2 is 1.43 bits per heavy atom. The molecule has 1 heterocycles. The number of halogens is 1. The third-order valence-electron chi connectivity index (χ3n) is 5.24. The zero-order valence-electron chi connectivity index (χ0n) is 19.8. The van der Waals surface area contributed by atoms with Crippen molar-refractivity contribution in [2.24, 2.45) is 0 Å². The quantitative estimate of drug-likeness (QED) is 0.308. The normalized spacial score (nSPS) is 10.4. The molecule has 1 aromatic heterocycles. The molecule has 0 aliphatic heterocycles. The van der Waals surface area contributed by atoms with Crippen molar-refractivity contribution in [3.05, 3.63) is 77.9 Å². The summed E-state index contributed by atoms with van der Waals surface area (Å²) in [5, 5.41) is 15.2. The second-order valence-electron chi connectivity index (χ2n) is 7.41. The van der Waals surface area contributed by atoms with Crippen molar-refractivity contribution in [3.8, 4) is 34.7 Å². The molecule has 0 saturated heterocycles. The number of rotatable bonds is 11. The summed E-state index contributed by atoms with van der Waals surface area (Å²) in [5.41, 5.74) is 3.04. The molecule has 9 nitrogen and oxygen atoms in total. The lowest BCUT2D eigenvalue weighted by Crippen LogP contribution is -2.16. The van der Waals surface area contributed by atoms with E-state index in [9.17, 15) is 0 Å². The molecule has 0 aliphatic carbocycles. The average molecular weight is 498 g/mol. The van der Waals surface area contributed by atoms with Gasteiger partial charge in [0.15, 0.2) is 23.0 Å². The SMILES string of the molecule is COc1ccc(CCNCc2ccc(Oc3nnnn3-c3ccccc3)c(OC)c2)cc1OC.Cl. The number of aromatic nitrogens is 4. The molecule has 0 radical (unpaired) electrons. The van der Waals surface area contributed by atoms with Crippen LogP contribution in [0.3, 0.4) is 0 Å². The van der Waals surface area contributed by atoms with Crippen LogP contribution in [0.15, 0.2) is 66.7 Å². The van der Waals surface area contributed by atoms with E-state index in [0.717, 1.165) is 35.7 Å². The summed E-state index contributed by atoms with van der Waals surface area (Å²) in [6, 6.07) is 21.5. The zero-order valence-corrected chi connectivity index (χ0v) is 20.6. The Bertz CT molecular complexity index is 1220. The topological polar surface area (TPSA) is 92.6 Å². The number of hydrogen-bond donors (Lipinski definition) is 1. The molecule has 0 atom stereocenters. The minimum atomic E-state index is 0. The maximum atomic E-state index is 5.96. The molecule has 0 unspecified atom stereocenters. The van der Waals surface area contributed by atoms with Crippen molar-refractivity contribution in [1.82, 2.24) is 25.5 Å². The largest absolute Gasteiger partial charge is 0.493 e. The number of benzene rings is 3. The zero-order chi connectivity index (χ0) is 23.8. The Hall–Kier alpha value is -3.82. The van der Waals surface area contributed by atoms with Crippen molar-refractivity contribution in [2.45, 2.75) is 13.0 Å². The molecule has 3 aromatic carbocycles. The summed E-state index contributed by atoms with van der Waals surface area (Å²) >= 11 is 0. The van der Waals surface area contributed by atoms with Gasteiger partial charge >= 0.3 is 6.01 Å². The second kappa shape index (κ2) is 12.6. The van der Waals surface area contributed by atoms with Crippen LogP contribution < -0.4 is 24.3 Å². The highest BCUT2D eigenvalue weighted by Gasteiger charge is 2.14. The van der Waals surface area contributed by atoms with Gasteiger partial charge in [-0.3, -0.25) is 0 Å². The van der Waals surface area contributed by atoms with Crippen molar-refractivity contribution in [2.75, 3.05) is 27.9 Å². The monoisotopic (exact) mass is 497 g/mol.